The number of hydrogen-bond acceptors (Lipinski definition) is 5. The summed E-state index contributed by atoms with van der Waals surface area (Å²) in [5.41, 5.74) is 8.09. The lowest BCUT2D eigenvalue weighted by Gasteiger charge is -2.12. The van der Waals surface area contributed by atoms with Crippen LogP contribution in [0.5, 0.6) is 0 Å². The number of nitrogens with two attached hydrogens (primary N) is 1. The van der Waals surface area contributed by atoms with Gasteiger partial charge in [0.15, 0.2) is 11.5 Å². The van der Waals surface area contributed by atoms with Crippen LogP contribution < -0.4 is 16.0 Å². The maximum absolute atomic E-state index is 11.9. The van der Waals surface area contributed by atoms with Gasteiger partial charge in [0.05, 0.1) is 0 Å². The first-order valence-electron chi connectivity index (χ1n) is 6.69. The molecule has 0 saturated heterocycles. The van der Waals surface area contributed by atoms with E-state index in [1.54, 1.807) is 0 Å². The fraction of sp³-hybridized carbons (Fsp3) is 0.267. The summed E-state index contributed by atoms with van der Waals surface area (Å²) in [6.07, 6.45) is 3.66. The molecule has 1 heterocycles. The van der Waals surface area contributed by atoms with E-state index >= 15 is 0 Å². The van der Waals surface area contributed by atoms with Gasteiger partial charge in [-0.1, -0.05) is 12.1 Å². The minimum Gasteiger partial charge on any atom is -0.382 e. The molecule has 0 bridgehead atoms. The molecule has 2 aromatic rings. The van der Waals surface area contributed by atoms with Crippen molar-refractivity contribution >= 4 is 17.4 Å². The van der Waals surface area contributed by atoms with Gasteiger partial charge in [0, 0.05) is 38.7 Å². The van der Waals surface area contributed by atoms with Gasteiger partial charge in [0.2, 0.25) is 0 Å². The van der Waals surface area contributed by atoms with E-state index in [1.807, 2.05) is 19.0 Å². The van der Waals surface area contributed by atoms with E-state index in [4.69, 9.17) is 5.73 Å². The molecular formula is C15H19N5O. The fourth-order valence-corrected chi connectivity index (χ4v) is 1.89. The van der Waals surface area contributed by atoms with Crippen LogP contribution in [0.3, 0.4) is 0 Å². The Hall–Kier alpha value is -2.63. The number of nitrogen functional groups attached to an aromatic ring is 1. The average Bonchev–Trinajstić information content (AvgIpc) is 2.48. The van der Waals surface area contributed by atoms with Crippen molar-refractivity contribution in [1.29, 1.82) is 0 Å². The van der Waals surface area contributed by atoms with Crippen LogP contribution in [-0.4, -0.2) is 36.5 Å². The number of rotatable bonds is 5. The predicted octanol–water partition coefficient (Wildman–Crippen LogP) is 1.10. The largest absolute Gasteiger partial charge is 0.382 e. The predicted molar refractivity (Wildman–Crippen MR) is 83.3 cm³/mol. The topological polar surface area (TPSA) is 84.1 Å². The minimum atomic E-state index is -0.300. The SMILES string of the molecule is CN(C)c1ccc(CCNC(=O)c2nccnc2N)cc1. The highest BCUT2D eigenvalue weighted by Gasteiger charge is 2.10. The van der Waals surface area contributed by atoms with E-state index in [0.29, 0.717) is 6.54 Å². The fourth-order valence-electron chi connectivity index (χ4n) is 1.89. The van der Waals surface area contributed by atoms with Gasteiger partial charge >= 0.3 is 0 Å². The Morgan fingerprint density at radius 3 is 2.48 bits per heavy atom. The molecule has 1 amide bonds. The van der Waals surface area contributed by atoms with E-state index in [0.717, 1.165) is 17.7 Å². The molecule has 0 atom stereocenters. The van der Waals surface area contributed by atoms with Crippen molar-refractivity contribution in [1.82, 2.24) is 15.3 Å². The van der Waals surface area contributed by atoms with E-state index in [1.165, 1.54) is 12.4 Å². The highest BCUT2D eigenvalue weighted by molar-refractivity contribution is 5.96. The Morgan fingerprint density at radius 1 is 1.19 bits per heavy atom. The number of nitrogens with one attached hydrogen (secondary N) is 1. The quantitative estimate of drug-likeness (QED) is 0.859. The van der Waals surface area contributed by atoms with Crippen LogP contribution in [0, 0.1) is 0 Å². The monoisotopic (exact) mass is 285 g/mol. The Balaban J connectivity index is 1.87. The molecule has 0 radical (unpaired) electrons. The molecule has 1 aromatic carbocycles. The Bertz CT molecular complexity index is 610. The van der Waals surface area contributed by atoms with Crippen molar-refractivity contribution in [3.8, 4) is 0 Å². The summed E-state index contributed by atoms with van der Waals surface area (Å²) in [5, 5.41) is 2.79. The number of aromatic nitrogens is 2. The van der Waals surface area contributed by atoms with Crippen LogP contribution in [0.25, 0.3) is 0 Å². The van der Waals surface area contributed by atoms with Crippen LogP contribution in [0.4, 0.5) is 11.5 Å². The zero-order valence-corrected chi connectivity index (χ0v) is 12.2. The van der Waals surface area contributed by atoms with Gasteiger partial charge in [-0.15, -0.1) is 0 Å². The van der Waals surface area contributed by atoms with E-state index in [2.05, 4.69) is 39.6 Å². The van der Waals surface area contributed by atoms with Gasteiger partial charge in [-0.25, -0.2) is 9.97 Å². The van der Waals surface area contributed by atoms with E-state index < -0.39 is 0 Å². The van der Waals surface area contributed by atoms with Crippen molar-refractivity contribution in [2.24, 2.45) is 0 Å². The van der Waals surface area contributed by atoms with Gasteiger partial charge in [0.25, 0.3) is 5.91 Å². The summed E-state index contributed by atoms with van der Waals surface area (Å²) in [4.78, 5) is 21.7. The van der Waals surface area contributed by atoms with Crippen molar-refractivity contribution in [2.75, 3.05) is 31.3 Å². The maximum atomic E-state index is 11.9. The van der Waals surface area contributed by atoms with Crippen molar-refractivity contribution in [3.05, 3.63) is 47.9 Å². The van der Waals surface area contributed by atoms with Gasteiger partial charge in [-0.3, -0.25) is 4.79 Å². The molecule has 0 aliphatic heterocycles. The smallest absolute Gasteiger partial charge is 0.273 e. The van der Waals surface area contributed by atoms with Gasteiger partial charge in [0.1, 0.15) is 0 Å². The first-order valence-corrected chi connectivity index (χ1v) is 6.69. The lowest BCUT2D eigenvalue weighted by molar-refractivity contribution is 0.0950. The summed E-state index contributed by atoms with van der Waals surface area (Å²) >= 11 is 0. The zero-order chi connectivity index (χ0) is 15.2. The van der Waals surface area contributed by atoms with Gasteiger partial charge in [-0.05, 0) is 24.1 Å². The lowest BCUT2D eigenvalue weighted by Crippen LogP contribution is -2.27. The lowest BCUT2D eigenvalue weighted by atomic mass is 10.1. The molecule has 0 spiro atoms. The Kier molecular flexibility index (Phi) is 4.71. The molecule has 0 fully saturated rings. The maximum Gasteiger partial charge on any atom is 0.273 e. The minimum absolute atomic E-state index is 0.144. The van der Waals surface area contributed by atoms with Crippen LogP contribution in [0.2, 0.25) is 0 Å². The molecule has 110 valence electrons. The van der Waals surface area contributed by atoms with Gasteiger partial charge in [-0.2, -0.15) is 0 Å². The molecule has 0 unspecified atom stereocenters. The third kappa shape index (κ3) is 3.92. The van der Waals surface area contributed by atoms with Crippen molar-refractivity contribution in [2.45, 2.75) is 6.42 Å². The summed E-state index contributed by atoms with van der Waals surface area (Å²) < 4.78 is 0. The molecule has 3 N–H and O–H groups in total. The van der Waals surface area contributed by atoms with Gasteiger partial charge < -0.3 is 16.0 Å². The van der Waals surface area contributed by atoms with Crippen LogP contribution >= 0.6 is 0 Å². The number of amides is 1. The Labute approximate surface area is 124 Å². The molecule has 0 aliphatic carbocycles. The number of benzene rings is 1. The number of carbonyl (C=O) groups is 1. The zero-order valence-electron chi connectivity index (χ0n) is 12.2. The standard InChI is InChI=1S/C15H19N5O/c1-20(2)12-5-3-11(4-6-12)7-8-19-15(21)13-14(16)18-10-9-17-13/h3-6,9-10H,7-8H2,1-2H3,(H2,16,18)(H,19,21). The number of anilines is 2. The summed E-state index contributed by atoms with van der Waals surface area (Å²) in [6, 6.07) is 8.21. The second kappa shape index (κ2) is 6.69. The van der Waals surface area contributed by atoms with E-state index in [9.17, 15) is 4.79 Å². The number of hydrogen-bond donors (Lipinski definition) is 2. The first kappa shape index (κ1) is 14.8. The normalized spacial score (nSPS) is 10.2. The second-order valence-corrected chi connectivity index (χ2v) is 4.86. The molecule has 6 heteroatoms. The molecule has 6 nitrogen and oxygen atoms in total. The van der Waals surface area contributed by atoms with Crippen LogP contribution in [0.1, 0.15) is 16.1 Å². The Morgan fingerprint density at radius 2 is 1.86 bits per heavy atom. The van der Waals surface area contributed by atoms with Crippen molar-refractivity contribution in [3.63, 3.8) is 0 Å². The second-order valence-electron chi connectivity index (χ2n) is 4.86. The molecule has 21 heavy (non-hydrogen) atoms. The third-order valence-corrected chi connectivity index (χ3v) is 3.09. The van der Waals surface area contributed by atoms with E-state index in [-0.39, 0.29) is 17.4 Å². The van der Waals surface area contributed by atoms with Crippen LogP contribution in [0.15, 0.2) is 36.7 Å². The molecule has 0 saturated carbocycles. The molecular weight excluding hydrogens is 266 g/mol. The van der Waals surface area contributed by atoms with Crippen LogP contribution in [-0.2, 0) is 6.42 Å². The number of nitrogens with zero attached hydrogens (tertiary/aromatic N) is 3. The summed E-state index contributed by atoms with van der Waals surface area (Å²) in [7, 11) is 4.00. The highest BCUT2D eigenvalue weighted by atomic mass is 16.1. The third-order valence-electron chi connectivity index (χ3n) is 3.09. The highest BCUT2D eigenvalue weighted by Crippen LogP contribution is 2.12. The summed E-state index contributed by atoms with van der Waals surface area (Å²) in [5.74, 6) is -0.157. The molecule has 0 aliphatic rings. The molecule has 1 aromatic heterocycles. The van der Waals surface area contributed by atoms with Crippen molar-refractivity contribution < 1.29 is 4.79 Å². The number of carbonyl (C=O) groups excluding carboxylic acids is 1. The first-order chi connectivity index (χ1) is 10.1. The molecule has 2 rings (SSSR count). The average molecular weight is 285 g/mol. The summed E-state index contributed by atoms with van der Waals surface area (Å²) in [6.45, 7) is 0.524.